The second-order valence-electron chi connectivity index (χ2n) is 3.43. The third-order valence-corrected chi connectivity index (χ3v) is 1.96. The molecule has 0 aliphatic heterocycles. The summed E-state index contributed by atoms with van der Waals surface area (Å²) in [7, 11) is 3.30. The van der Waals surface area contributed by atoms with Crippen LogP contribution in [0.15, 0.2) is 0 Å². The van der Waals surface area contributed by atoms with Crippen molar-refractivity contribution in [1.82, 2.24) is 9.97 Å². The van der Waals surface area contributed by atoms with Gasteiger partial charge in [0.25, 0.3) is 0 Å². The molecule has 0 aliphatic carbocycles. The lowest BCUT2D eigenvalue weighted by Crippen LogP contribution is -2.17. The fourth-order valence-electron chi connectivity index (χ4n) is 1.07. The van der Waals surface area contributed by atoms with E-state index in [2.05, 4.69) is 29.1 Å². The lowest BCUT2D eigenvalue weighted by Gasteiger charge is -2.16. The van der Waals surface area contributed by atoms with E-state index < -0.39 is 0 Å². The molecule has 0 fully saturated rings. The standard InChI is InChI=1S/C8H11ClN4O.C3H8/c1-5-11-7(9)6(13(3)4-14)8(10-2)12-5;1-3-2/h4H,1-3H3,(H,10,11,12);3H2,1-2H3. The molecule has 1 heterocycles. The zero-order chi connectivity index (χ0) is 13.4. The Labute approximate surface area is 107 Å². The van der Waals surface area contributed by atoms with Crippen molar-refractivity contribution in [2.24, 2.45) is 0 Å². The first-order valence-electron chi connectivity index (χ1n) is 5.41. The van der Waals surface area contributed by atoms with E-state index in [1.54, 1.807) is 21.0 Å². The van der Waals surface area contributed by atoms with E-state index in [1.807, 2.05) is 0 Å². The highest BCUT2D eigenvalue weighted by molar-refractivity contribution is 6.33. The molecule has 5 nitrogen and oxygen atoms in total. The van der Waals surface area contributed by atoms with Gasteiger partial charge in [0.15, 0.2) is 11.0 Å². The third-order valence-electron chi connectivity index (χ3n) is 1.70. The van der Waals surface area contributed by atoms with E-state index in [0.717, 1.165) is 0 Å². The molecule has 1 aromatic rings. The van der Waals surface area contributed by atoms with Crippen LogP contribution >= 0.6 is 11.6 Å². The smallest absolute Gasteiger partial charge is 0.214 e. The van der Waals surface area contributed by atoms with Crippen LogP contribution < -0.4 is 10.2 Å². The molecular formula is C11H19ClN4O. The van der Waals surface area contributed by atoms with Gasteiger partial charge in [0.2, 0.25) is 6.41 Å². The third kappa shape index (κ3) is 4.56. The minimum Gasteiger partial charge on any atom is -0.371 e. The average molecular weight is 259 g/mol. The van der Waals surface area contributed by atoms with Crippen LogP contribution in [0.25, 0.3) is 0 Å². The lowest BCUT2D eigenvalue weighted by atomic mass is 10.4. The summed E-state index contributed by atoms with van der Waals surface area (Å²) in [6, 6.07) is 0. The molecule has 0 radical (unpaired) electrons. The Morgan fingerprint density at radius 2 is 1.94 bits per heavy atom. The van der Waals surface area contributed by atoms with Gasteiger partial charge in [-0.3, -0.25) is 4.79 Å². The van der Waals surface area contributed by atoms with Crippen LogP contribution in [0.5, 0.6) is 0 Å². The van der Waals surface area contributed by atoms with E-state index in [4.69, 9.17) is 11.6 Å². The molecule has 0 saturated heterocycles. The number of aryl methyl sites for hydroxylation is 1. The number of aromatic nitrogens is 2. The molecule has 17 heavy (non-hydrogen) atoms. The summed E-state index contributed by atoms with van der Waals surface area (Å²) in [6.07, 6.45) is 1.90. The number of hydrogen-bond acceptors (Lipinski definition) is 4. The Bertz CT molecular complexity index is 371. The molecule has 0 bridgehead atoms. The van der Waals surface area contributed by atoms with Gasteiger partial charge in [0.05, 0.1) is 0 Å². The second-order valence-corrected chi connectivity index (χ2v) is 3.79. The zero-order valence-electron chi connectivity index (χ0n) is 10.9. The van der Waals surface area contributed by atoms with E-state index >= 15 is 0 Å². The van der Waals surface area contributed by atoms with E-state index in [0.29, 0.717) is 23.7 Å². The van der Waals surface area contributed by atoms with Gasteiger partial charge in [-0.2, -0.15) is 0 Å². The van der Waals surface area contributed by atoms with E-state index in [-0.39, 0.29) is 5.15 Å². The molecular weight excluding hydrogens is 240 g/mol. The number of nitrogens with one attached hydrogen (secondary N) is 1. The molecule has 1 amide bonds. The number of rotatable bonds is 3. The Kier molecular flexibility index (Phi) is 7.21. The first-order chi connectivity index (χ1) is 8.01. The predicted octanol–water partition coefficient (Wildman–Crippen LogP) is 2.49. The first kappa shape index (κ1) is 15.6. The molecule has 1 rings (SSSR count). The van der Waals surface area contributed by atoms with E-state index in [1.165, 1.54) is 11.3 Å². The Morgan fingerprint density at radius 1 is 1.41 bits per heavy atom. The van der Waals surface area contributed by atoms with Crippen LogP contribution in [-0.2, 0) is 4.79 Å². The SMILES string of the molecule is CCC.CNc1nc(C)nc(Cl)c1N(C)C=O. The van der Waals surface area contributed by atoms with Crippen molar-refractivity contribution in [3.63, 3.8) is 0 Å². The summed E-state index contributed by atoms with van der Waals surface area (Å²) in [5.74, 6) is 1.10. The van der Waals surface area contributed by atoms with Gasteiger partial charge in [-0.15, -0.1) is 0 Å². The van der Waals surface area contributed by atoms with Crippen molar-refractivity contribution in [3.05, 3.63) is 11.0 Å². The van der Waals surface area contributed by atoms with Gasteiger partial charge < -0.3 is 10.2 Å². The van der Waals surface area contributed by atoms with Crippen LogP contribution in [0.3, 0.4) is 0 Å². The molecule has 96 valence electrons. The van der Waals surface area contributed by atoms with Gasteiger partial charge >= 0.3 is 0 Å². The summed E-state index contributed by atoms with van der Waals surface area (Å²) in [5, 5.41) is 3.12. The van der Waals surface area contributed by atoms with Crippen molar-refractivity contribution >= 4 is 29.5 Å². The summed E-state index contributed by atoms with van der Waals surface area (Å²) in [5.41, 5.74) is 0.481. The van der Waals surface area contributed by atoms with Crippen molar-refractivity contribution in [2.45, 2.75) is 27.2 Å². The maximum absolute atomic E-state index is 10.6. The number of carbonyl (C=O) groups excluding carboxylic acids is 1. The second kappa shape index (κ2) is 7.84. The fourth-order valence-corrected chi connectivity index (χ4v) is 1.42. The molecule has 0 aliphatic rings. The molecule has 0 spiro atoms. The summed E-state index contributed by atoms with van der Waals surface area (Å²) < 4.78 is 0. The van der Waals surface area contributed by atoms with Gasteiger partial charge in [-0.25, -0.2) is 9.97 Å². The summed E-state index contributed by atoms with van der Waals surface area (Å²) in [4.78, 5) is 20.0. The van der Waals surface area contributed by atoms with Crippen molar-refractivity contribution in [2.75, 3.05) is 24.3 Å². The average Bonchev–Trinajstić information content (AvgIpc) is 2.28. The summed E-state index contributed by atoms with van der Waals surface area (Å²) in [6.45, 7) is 5.98. The number of hydrogen-bond donors (Lipinski definition) is 1. The van der Waals surface area contributed by atoms with Gasteiger partial charge in [-0.05, 0) is 6.92 Å². The summed E-state index contributed by atoms with van der Waals surface area (Å²) >= 11 is 5.90. The van der Waals surface area contributed by atoms with Gasteiger partial charge in [0.1, 0.15) is 11.5 Å². The van der Waals surface area contributed by atoms with Gasteiger partial charge in [-0.1, -0.05) is 31.9 Å². The number of anilines is 2. The maximum Gasteiger partial charge on any atom is 0.214 e. The number of halogens is 1. The van der Waals surface area contributed by atoms with Crippen LogP contribution in [0.2, 0.25) is 5.15 Å². The fraction of sp³-hybridized carbons (Fsp3) is 0.545. The van der Waals surface area contributed by atoms with Crippen molar-refractivity contribution in [1.29, 1.82) is 0 Å². The Balaban J connectivity index is 0.000000770. The topological polar surface area (TPSA) is 58.1 Å². The normalized spacial score (nSPS) is 9.06. The molecule has 0 unspecified atom stereocenters. The van der Waals surface area contributed by atoms with Crippen molar-refractivity contribution in [3.8, 4) is 0 Å². The van der Waals surface area contributed by atoms with Gasteiger partial charge in [0, 0.05) is 14.1 Å². The highest BCUT2D eigenvalue weighted by atomic mass is 35.5. The Morgan fingerprint density at radius 3 is 2.35 bits per heavy atom. The zero-order valence-corrected chi connectivity index (χ0v) is 11.7. The molecule has 1 N–H and O–H groups in total. The molecule has 6 heteroatoms. The predicted molar refractivity (Wildman–Crippen MR) is 71.8 cm³/mol. The highest BCUT2D eigenvalue weighted by Gasteiger charge is 2.14. The van der Waals surface area contributed by atoms with Crippen LogP contribution in [0.1, 0.15) is 26.1 Å². The van der Waals surface area contributed by atoms with Crippen LogP contribution in [0.4, 0.5) is 11.5 Å². The molecule has 0 aromatic carbocycles. The number of amides is 1. The van der Waals surface area contributed by atoms with E-state index in [9.17, 15) is 4.79 Å². The molecule has 0 atom stereocenters. The van der Waals surface area contributed by atoms with Crippen LogP contribution in [-0.4, -0.2) is 30.5 Å². The monoisotopic (exact) mass is 258 g/mol. The minimum atomic E-state index is 0.261. The maximum atomic E-state index is 10.6. The largest absolute Gasteiger partial charge is 0.371 e. The molecule has 1 aromatic heterocycles. The first-order valence-corrected chi connectivity index (χ1v) is 5.79. The highest BCUT2D eigenvalue weighted by Crippen LogP contribution is 2.29. The quantitative estimate of drug-likeness (QED) is 0.669. The number of carbonyl (C=O) groups is 1. The number of nitrogens with zero attached hydrogens (tertiary/aromatic N) is 3. The minimum absolute atomic E-state index is 0.261. The molecule has 0 saturated carbocycles. The van der Waals surface area contributed by atoms with Crippen molar-refractivity contribution < 1.29 is 4.79 Å². The Hall–Kier alpha value is -1.36. The van der Waals surface area contributed by atoms with Crippen LogP contribution in [0, 0.1) is 6.92 Å². The lowest BCUT2D eigenvalue weighted by molar-refractivity contribution is -0.107.